The summed E-state index contributed by atoms with van der Waals surface area (Å²) in [6, 6.07) is 2.28. The summed E-state index contributed by atoms with van der Waals surface area (Å²) in [7, 11) is 0. The summed E-state index contributed by atoms with van der Waals surface area (Å²) in [5, 5.41) is 7.05. The van der Waals surface area contributed by atoms with Gasteiger partial charge in [-0.3, -0.25) is 9.89 Å². The molecule has 2 heterocycles. The van der Waals surface area contributed by atoms with Crippen LogP contribution in [-0.4, -0.2) is 40.1 Å². The van der Waals surface area contributed by atoms with Crippen LogP contribution in [0.4, 0.5) is 0 Å². The number of rotatable bonds is 3. The Balaban J connectivity index is 0.00000121. The quantitative estimate of drug-likeness (QED) is 0.880. The molecule has 126 valence electrons. The first-order chi connectivity index (χ1) is 9.74. The molecule has 1 aliphatic heterocycles. The zero-order valence-electron chi connectivity index (χ0n) is 12.7. The van der Waals surface area contributed by atoms with Gasteiger partial charge in [0, 0.05) is 43.4 Å². The lowest BCUT2D eigenvalue weighted by Gasteiger charge is -2.32. The number of H-pyrrole nitrogens is 1. The van der Waals surface area contributed by atoms with Crippen molar-refractivity contribution in [2.24, 2.45) is 11.7 Å². The topological polar surface area (TPSA) is 75.0 Å². The van der Waals surface area contributed by atoms with Crippen molar-refractivity contribution in [2.75, 3.05) is 13.1 Å². The highest BCUT2D eigenvalue weighted by Gasteiger charge is 2.30. The average molecular weight is 349 g/mol. The van der Waals surface area contributed by atoms with Gasteiger partial charge in [0.15, 0.2) is 0 Å². The molecule has 0 aromatic carbocycles. The predicted molar refractivity (Wildman–Crippen MR) is 91.6 cm³/mol. The van der Waals surface area contributed by atoms with Gasteiger partial charge in [0.2, 0.25) is 5.91 Å². The fraction of sp³-hybridized carbons (Fsp3) is 0.733. The molecule has 2 aliphatic rings. The van der Waals surface area contributed by atoms with Crippen LogP contribution in [0.5, 0.6) is 0 Å². The SMILES string of the molecule is Cl.Cl.N[C@@H]1CCC[C@H]1CC(=O)N1CCC(c2ccn[nH]2)CC1. The highest BCUT2D eigenvalue weighted by Crippen LogP contribution is 2.30. The van der Waals surface area contributed by atoms with Crippen LogP contribution in [0.2, 0.25) is 0 Å². The van der Waals surface area contributed by atoms with Crippen LogP contribution in [0.3, 0.4) is 0 Å². The van der Waals surface area contributed by atoms with E-state index in [0.717, 1.165) is 38.8 Å². The second kappa shape index (κ2) is 8.75. The van der Waals surface area contributed by atoms with Crippen LogP contribution in [0, 0.1) is 5.92 Å². The number of hydrogen-bond donors (Lipinski definition) is 2. The van der Waals surface area contributed by atoms with Crippen LogP contribution in [0.1, 0.15) is 50.1 Å². The van der Waals surface area contributed by atoms with Crippen molar-refractivity contribution >= 4 is 30.7 Å². The lowest BCUT2D eigenvalue weighted by Crippen LogP contribution is -2.40. The van der Waals surface area contributed by atoms with Gasteiger partial charge in [-0.2, -0.15) is 5.10 Å². The summed E-state index contributed by atoms with van der Waals surface area (Å²) in [4.78, 5) is 14.4. The molecule has 1 saturated carbocycles. The van der Waals surface area contributed by atoms with Gasteiger partial charge in [0.05, 0.1) is 0 Å². The molecule has 0 spiro atoms. The maximum atomic E-state index is 12.3. The van der Waals surface area contributed by atoms with Gasteiger partial charge in [0.1, 0.15) is 0 Å². The van der Waals surface area contributed by atoms with E-state index in [-0.39, 0.29) is 30.9 Å². The molecule has 1 amide bonds. The lowest BCUT2D eigenvalue weighted by atomic mass is 9.92. The number of hydrogen-bond acceptors (Lipinski definition) is 3. The van der Waals surface area contributed by atoms with E-state index in [1.54, 1.807) is 6.20 Å². The summed E-state index contributed by atoms with van der Waals surface area (Å²) in [6.45, 7) is 1.73. The number of carbonyl (C=O) groups excluding carboxylic acids is 1. The summed E-state index contributed by atoms with van der Waals surface area (Å²) in [5.41, 5.74) is 7.26. The van der Waals surface area contributed by atoms with Crippen LogP contribution >= 0.6 is 24.8 Å². The van der Waals surface area contributed by atoms with E-state index in [4.69, 9.17) is 5.73 Å². The van der Waals surface area contributed by atoms with Gasteiger partial charge in [-0.25, -0.2) is 0 Å². The van der Waals surface area contributed by atoms with Crippen molar-refractivity contribution in [2.45, 2.75) is 50.5 Å². The Bertz CT molecular complexity index is 446. The highest BCUT2D eigenvalue weighted by atomic mass is 35.5. The minimum Gasteiger partial charge on any atom is -0.343 e. The highest BCUT2D eigenvalue weighted by molar-refractivity contribution is 5.85. The molecule has 5 nitrogen and oxygen atoms in total. The van der Waals surface area contributed by atoms with E-state index >= 15 is 0 Å². The molecule has 1 aromatic heterocycles. The van der Waals surface area contributed by atoms with Gasteiger partial charge in [-0.15, -0.1) is 24.8 Å². The summed E-state index contributed by atoms with van der Waals surface area (Å²) < 4.78 is 0. The molecule has 0 unspecified atom stereocenters. The normalized spacial score (nSPS) is 25.4. The molecule has 2 fully saturated rings. The largest absolute Gasteiger partial charge is 0.343 e. The Morgan fingerprint density at radius 2 is 2.00 bits per heavy atom. The Hall–Kier alpha value is -0.780. The molecule has 22 heavy (non-hydrogen) atoms. The zero-order chi connectivity index (χ0) is 13.9. The summed E-state index contributed by atoms with van der Waals surface area (Å²) in [5.74, 6) is 1.23. The van der Waals surface area contributed by atoms with E-state index in [9.17, 15) is 4.79 Å². The third-order valence-electron chi connectivity index (χ3n) is 4.96. The Morgan fingerprint density at radius 1 is 1.27 bits per heavy atom. The monoisotopic (exact) mass is 348 g/mol. The van der Waals surface area contributed by atoms with Crippen molar-refractivity contribution in [1.29, 1.82) is 0 Å². The number of halogens is 2. The molecule has 3 rings (SSSR count). The van der Waals surface area contributed by atoms with E-state index in [2.05, 4.69) is 10.2 Å². The van der Waals surface area contributed by atoms with E-state index in [1.165, 1.54) is 12.1 Å². The number of amides is 1. The first kappa shape index (κ1) is 19.3. The Labute approximate surface area is 144 Å². The summed E-state index contributed by atoms with van der Waals surface area (Å²) >= 11 is 0. The maximum Gasteiger partial charge on any atom is 0.222 e. The minimum atomic E-state index is 0. The molecular formula is C15H26Cl2N4O. The van der Waals surface area contributed by atoms with Gasteiger partial charge < -0.3 is 10.6 Å². The zero-order valence-corrected chi connectivity index (χ0v) is 14.4. The van der Waals surface area contributed by atoms with E-state index in [0.29, 0.717) is 24.2 Å². The van der Waals surface area contributed by atoms with Gasteiger partial charge in [0.25, 0.3) is 0 Å². The van der Waals surface area contributed by atoms with Gasteiger partial charge in [-0.1, -0.05) is 6.42 Å². The Morgan fingerprint density at radius 3 is 2.55 bits per heavy atom. The molecular weight excluding hydrogens is 323 g/mol. The maximum absolute atomic E-state index is 12.3. The fourth-order valence-corrected chi connectivity index (χ4v) is 3.61. The number of carbonyl (C=O) groups is 1. The number of aromatic nitrogens is 2. The molecule has 0 radical (unpaired) electrons. The van der Waals surface area contributed by atoms with Crippen LogP contribution in [0.15, 0.2) is 12.3 Å². The molecule has 7 heteroatoms. The minimum absolute atomic E-state index is 0. The Kier molecular flexibility index (Phi) is 7.66. The fourth-order valence-electron chi connectivity index (χ4n) is 3.61. The van der Waals surface area contributed by atoms with Crippen molar-refractivity contribution in [1.82, 2.24) is 15.1 Å². The molecule has 1 aromatic rings. The van der Waals surface area contributed by atoms with Crippen molar-refractivity contribution in [3.63, 3.8) is 0 Å². The number of likely N-dealkylation sites (tertiary alicyclic amines) is 1. The smallest absolute Gasteiger partial charge is 0.222 e. The van der Waals surface area contributed by atoms with Crippen LogP contribution in [-0.2, 0) is 4.79 Å². The first-order valence-electron chi connectivity index (χ1n) is 7.76. The molecule has 1 saturated heterocycles. The van der Waals surface area contributed by atoms with Crippen molar-refractivity contribution in [3.8, 4) is 0 Å². The first-order valence-corrected chi connectivity index (χ1v) is 7.76. The van der Waals surface area contributed by atoms with Crippen molar-refractivity contribution in [3.05, 3.63) is 18.0 Å². The molecule has 2 atom stereocenters. The third kappa shape index (κ3) is 4.37. The second-order valence-electron chi connectivity index (χ2n) is 6.23. The number of nitrogens with two attached hydrogens (primary N) is 1. The molecule has 3 N–H and O–H groups in total. The predicted octanol–water partition coefficient (Wildman–Crippen LogP) is 2.48. The third-order valence-corrected chi connectivity index (χ3v) is 4.96. The number of aromatic amines is 1. The van der Waals surface area contributed by atoms with E-state index < -0.39 is 0 Å². The standard InChI is InChI=1S/C15H24N4O.2ClH/c16-13-3-1-2-12(13)10-15(20)19-8-5-11(6-9-19)14-4-7-17-18-14;;/h4,7,11-13H,1-3,5-6,8-10,16H2,(H,17,18);2*1H/t12-,13+;;/m0../s1. The number of nitrogens with one attached hydrogen (secondary N) is 1. The van der Waals surface area contributed by atoms with E-state index in [1.807, 2.05) is 11.0 Å². The van der Waals surface area contributed by atoms with Crippen LogP contribution < -0.4 is 5.73 Å². The van der Waals surface area contributed by atoms with Crippen molar-refractivity contribution < 1.29 is 4.79 Å². The molecule has 0 bridgehead atoms. The lowest BCUT2D eigenvalue weighted by molar-refractivity contribution is -0.133. The van der Waals surface area contributed by atoms with Gasteiger partial charge in [-0.05, 0) is 37.7 Å². The molecule has 1 aliphatic carbocycles. The number of nitrogens with zero attached hydrogens (tertiary/aromatic N) is 2. The number of piperidine rings is 1. The van der Waals surface area contributed by atoms with Crippen LogP contribution in [0.25, 0.3) is 0 Å². The second-order valence-corrected chi connectivity index (χ2v) is 6.23. The average Bonchev–Trinajstić information content (AvgIpc) is 3.12. The summed E-state index contributed by atoms with van der Waals surface area (Å²) in [6.07, 6.45) is 7.90. The van der Waals surface area contributed by atoms with Gasteiger partial charge >= 0.3 is 0 Å².